The molecule has 1 amide bonds. The maximum Gasteiger partial charge on any atom is 0.219 e. The van der Waals surface area contributed by atoms with E-state index in [2.05, 4.69) is 69.7 Å². The SMILES string of the molecule is CC(=O)N1CCN(c2ccc(OCCN3CC(CN[C@@H]4C[C@H]4c4ccccc4)C3)cc2)CC1. The molecule has 2 atom stereocenters. The second-order valence-corrected chi connectivity index (χ2v) is 9.73. The van der Waals surface area contributed by atoms with Crippen LogP contribution in [0.2, 0.25) is 0 Å². The Balaban J connectivity index is 0.943. The van der Waals surface area contributed by atoms with Crippen LogP contribution in [0.3, 0.4) is 0 Å². The minimum atomic E-state index is 0.169. The monoisotopic (exact) mass is 448 g/mol. The summed E-state index contributed by atoms with van der Waals surface area (Å²) in [6.45, 7) is 10.2. The molecule has 2 heterocycles. The average Bonchev–Trinajstić information content (AvgIpc) is 3.61. The molecule has 2 aromatic rings. The summed E-state index contributed by atoms with van der Waals surface area (Å²) in [5, 5.41) is 3.77. The lowest BCUT2D eigenvalue weighted by Crippen LogP contribution is -2.52. The van der Waals surface area contributed by atoms with E-state index in [1.165, 1.54) is 30.8 Å². The van der Waals surface area contributed by atoms with Gasteiger partial charge < -0.3 is 19.9 Å². The Hall–Kier alpha value is -2.57. The van der Waals surface area contributed by atoms with Gasteiger partial charge in [0.25, 0.3) is 0 Å². The molecular weight excluding hydrogens is 412 g/mol. The summed E-state index contributed by atoms with van der Waals surface area (Å²) in [4.78, 5) is 18.2. The van der Waals surface area contributed by atoms with Crippen LogP contribution in [0, 0.1) is 5.92 Å². The van der Waals surface area contributed by atoms with Crippen molar-refractivity contribution in [3.63, 3.8) is 0 Å². The Kier molecular flexibility index (Phi) is 6.83. The Morgan fingerprint density at radius 2 is 1.73 bits per heavy atom. The van der Waals surface area contributed by atoms with Crippen LogP contribution in [0.25, 0.3) is 0 Å². The van der Waals surface area contributed by atoms with Gasteiger partial charge in [-0.3, -0.25) is 9.69 Å². The fraction of sp³-hybridized carbons (Fsp3) is 0.519. The minimum Gasteiger partial charge on any atom is -0.492 e. The highest BCUT2D eigenvalue weighted by Crippen LogP contribution is 2.40. The van der Waals surface area contributed by atoms with Gasteiger partial charge in [-0.2, -0.15) is 0 Å². The van der Waals surface area contributed by atoms with Gasteiger partial charge in [0.15, 0.2) is 0 Å². The van der Waals surface area contributed by atoms with Crippen molar-refractivity contribution < 1.29 is 9.53 Å². The molecule has 5 rings (SSSR count). The molecule has 6 heteroatoms. The maximum absolute atomic E-state index is 11.5. The van der Waals surface area contributed by atoms with Gasteiger partial charge in [0.05, 0.1) is 0 Å². The Labute approximate surface area is 197 Å². The van der Waals surface area contributed by atoms with E-state index in [1.807, 2.05) is 4.90 Å². The van der Waals surface area contributed by atoms with Crippen LogP contribution in [0.5, 0.6) is 5.75 Å². The number of hydrogen-bond acceptors (Lipinski definition) is 5. The van der Waals surface area contributed by atoms with Crippen molar-refractivity contribution in [2.24, 2.45) is 5.92 Å². The Morgan fingerprint density at radius 1 is 1.00 bits per heavy atom. The van der Waals surface area contributed by atoms with E-state index >= 15 is 0 Å². The number of ether oxygens (including phenoxy) is 1. The van der Waals surface area contributed by atoms with Crippen molar-refractivity contribution >= 4 is 11.6 Å². The zero-order valence-corrected chi connectivity index (χ0v) is 19.7. The van der Waals surface area contributed by atoms with Crippen LogP contribution < -0.4 is 15.0 Å². The number of carbonyl (C=O) groups is 1. The molecule has 176 valence electrons. The number of nitrogens with one attached hydrogen (secondary N) is 1. The lowest BCUT2D eigenvalue weighted by atomic mass is 10.0. The second-order valence-electron chi connectivity index (χ2n) is 9.73. The predicted molar refractivity (Wildman–Crippen MR) is 132 cm³/mol. The molecule has 2 aromatic carbocycles. The van der Waals surface area contributed by atoms with Crippen LogP contribution in [0.4, 0.5) is 5.69 Å². The maximum atomic E-state index is 11.5. The van der Waals surface area contributed by atoms with Gasteiger partial charge in [0, 0.05) is 76.9 Å². The molecule has 2 saturated heterocycles. The first-order chi connectivity index (χ1) is 16.2. The largest absolute Gasteiger partial charge is 0.492 e. The predicted octanol–water partition coefficient (Wildman–Crippen LogP) is 2.81. The molecule has 0 unspecified atom stereocenters. The summed E-state index contributed by atoms with van der Waals surface area (Å²) in [5.74, 6) is 2.58. The molecule has 0 spiro atoms. The first-order valence-corrected chi connectivity index (χ1v) is 12.4. The number of anilines is 1. The standard InChI is InChI=1S/C27H36N4O2/c1-21(32)30-11-13-31(14-12-30)24-7-9-25(10-8-24)33-16-15-29-19-22(20-29)18-28-27-17-26(27)23-5-3-2-4-6-23/h2-10,22,26-28H,11-20H2,1H3/t26-,27+/m0/s1. The van der Waals surface area contributed by atoms with Gasteiger partial charge in [-0.15, -0.1) is 0 Å². The van der Waals surface area contributed by atoms with Crippen LogP contribution in [0.1, 0.15) is 24.8 Å². The highest BCUT2D eigenvalue weighted by molar-refractivity contribution is 5.73. The van der Waals surface area contributed by atoms with Gasteiger partial charge >= 0.3 is 0 Å². The van der Waals surface area contributed by atoms with Crippen molar-refractivity contribution in [1.29, 1.82) is 0 Å². The average molecular weight is 449 g/mol. The number of piperazine rings is 1. The molecule has 0 bridgehead atoms. The van der Waals surface area contributed by atoms with Crippen LogP contribution in [-0.4, -0.2) is 80.7 Å². The number of rotatable bonds is 9. The van der Waals surface area contributed by atoms with Crippen molar-refractivity contribution in [3.05, 3.63) is 60.2 Å². The van der Waals surface area contributed by atoms with Crippen LogP contribution in [-0.2, 0) is 4.79 Å². The van der Waals surface area contributed by atoms with Crippen LogP contribution >= 0.6 is 0 Å². The fourth-order valence-corrected chi connectivity index (χ4v) is 5.12. The van der Waals surface area contributed by atoms with Gasteiger partial charge in [-0.25, -0.2) is 0 Å². The quantitative estimate of drug-likeness (QED) is 0.639. The molecule has 3 fully saturated rings. The third-order valence-electron chi connectivity index (χ3n) is 7.32. The number of nitrogens with zero attached hydrogens (tertiary/aromatic N) is 3. The molecule has 0 radical (unpaired) electrons. The summed E-state index contributed by atoms with van der Waals surface area (Å²) in [6, 6.07) is 19.9. The van der Waals surface area contributed by atoms with Crippen molar-refractivity contribution in [2.45, 2.75) is 25.3 Å². The molecule has 0 aromatic heterocycles. The zero-order chi connectivity index (χ0) is 22.6. The van der Waals surface area contributed by atoms with E-state index < -0.39 is 0 Å². The Bertz CT molecular complexity index is 905. The first-order valence-electron chi connectivity index (χ1n) is 12.4. The highest BCUT2D eigenvalue weighted by Gasteiger charge is 2.38. The summed E-state index contributed by atoms with van der Waals surface area (Å²) >= 11 is 0. The fourth-order valence-electron chi connectivity index (χ4n) is 5.12. The summed E-state index contributed by atoms with van der Waals surface area (Å²) in [6.07, 6.45) is 1.28. The van der Waals surface area contributed by atoms with Gasteiger partial charge in [-0.1, -0.05) is 30.3 Å². The zero-order valence-electron chi connectivity index (χ0n) is 19.7. The normalized spacial score (nSPS) is 23.3. The lowest BCUT2D eigenvalue weighted by Gasteiger charge is -2.39. The molecule has 2 aliphatic heterocycles. The summed E-state index contributed by atoms with van der Waals surface area (Å²) in [7, 11) is 0. The molecule has 33 heavy (non-hydrogen) atoms. The highest BCUT2D eigenvalue weighted by atomic mass is 16.5. The third kappa shape index (κ3) is 5.68. The second kappa shape index (κ2) is 10.1. The van der Waals surface area contributed by atoms with E-state index in [4.69, 9.17) is 4.74 Å². The van der Waals surface area contributed by atoms with Crippen molar-refractivity contribution in [1.82, 2.24) is 15.1 Å². The lowest BCUT2D eigenvalue weighted by molar-refractivity contribution is -0.129. The van der Waals surface area contributed by atoms with E-state index in [9.17, 15) is 4.79 Å². The topological polar surface area (TPSA) is 48.1 Å². The van der Waals surface area contributed by atoms with Crippen molar-refractivity contribution in [3.8, 4) is 5.75 Å². The van der Waals surface area contributed by atoms with Crippen LogP contribution in [0.15, 0.2) is 54.6 Å². The molecule has 6 nitrogen and oxygen atoms in total. The van der Waals surface area contributed by atoms with Gasteiger partial charge in [0.2, 0.25) is 5.91 Å². The van der Waals surface area contributed by atoms with Crippen molar-refractivity contribution in [2.75, 3.05) is 63.9 Å². The number of hydrogen-bond donors (Lipinski definition) is 1. The Morgan fingerprint density at radius 3 is 2.42 bits per heavy atom. The molecule has 1 aliphatic carbocycles. The number of likely N-dealkylation sites (tertiary alicyclic amines) is 1. The molecule has 3 aliphatic rings. The van der Waals surface area contributed by atoms with Gasteiger partial charge in [0.1, 0.15) is 12.4 Å². The molecular formula is C27H36N4O2. The number of amides is 1. The molecule has 1 N–H and O–H groups in total. The summed E-state index contributed by atoms with van der Waals surface area (Å²) in [5.41, 5.74) is 2.68. The third-order valence-corrected chi connectivity index (χ3v) is 7.32. The smallest absolute Gasteiger partial charge is 0.219 e. The molecule has 1 saturated carbocycles. The van der Waals surface area contributed by atoms with E-state index in [1.54, 1.807) is 6.92 Å². The number of carbonyl (C=O) groups excluding carboxylic acids is 1. The van der Waals surface area contributed by atoms with E-state index in [0.29, 0.717) is 12.0 Å². The van der Waals surface area contributed by atoms with E-state index in [0.717, 1.165) is 57.5 Å². The van der Waals surface area contributed by atoms with E-state index in [-0.39, 0.29) is 5.91 Å². The number of benzene rings is 2. The first kappa shape index (κ1) is 22.2. The minimum absolute atomic E-state index is 0.169. The summed E-state index contributed by atoms with van der Waals surface area (Å²) < 4.78 is 5.98. The van der Waals surface area contributed by atoms with Gasteiger partial charge in [-0.05, 0) is 42.2 Å².